The highest BCUT2D eigenvalue weighted by atomic mass is 79.9. The summed E-state index contributed by atoms with van der Waals surface area (Å²) < 4.78 is 0. The number of carbonyl (C=O) groups excluding carboxylic acids is 1. The number of benzene rings is 2. The van der Waals surface area contributed by atoms with E-state index in [1.807, 2.05) is 6.07 Å². The highest BCUT2D eigenvalue weighted by Gasteiger charge is 2.01. The Morgan fingerprint density at radius 3 is 1.78 bits per heavy atom. The quantitative estimate of drug-likeness (QED) is 0.660. The van der Waals surface area contributed by atoms with Crippen LogP contribution in [-0.4, -0.2) is 21.3 Å². The van der Waals surface area contributed by atoms with Gasteiger partial charge in [0.25, 0.3) is 0 Å². The van der Waals surface area contributed by atoms with Crippen LogP contribution in [0.5, 0.6) is 11.5 Å². The standard InChI is InChI=1S/C8H7BrO2.C6H6O/c9-5-8(11)6-1-3-7(10)4-2-6;7-6-4-2-1-3-5-6/h1-4,10H,5H2;1-5,7H. The van der Waals surface area contributed by atoms with Gasteiger partial charge in [0.2, 0.25) is 0 Å². The van der Waals surface area contributed by atoms with Crippen molar-refractivity contribution >= 4 is 21.7 Å². The Morgan fingerprint density at radius 2 is 1.39 bits per heavy atom. The molecule has 0 aliphatic heterocycles. The van der Waals surface area contributed by atoms with Crippen molar-refractivity contribution in [1.29, 1.82) is 0 Å². The summed E-state index contributed by atoms with van der Waals surface area (Å²) in [7, 11) is 0. The molecule has 0 spiro atoms. The molecule has 18 heavy (non-hydrogen) atoms. The molecule has 3 nitrogen and oxygen atoms in total. The third-order valence-corrected chi connectivity index (χ3v) is 2.58. The Kier molecular flexibility index (Phi) is 5.94. The minimum Gasteiger partial charge on any atom is -0.508 e. The van der Waals surface area contributed by atoms with Crippen LogP contribution in [0.4, 0.5) is 0 Å². The molecule has 0 unspecified atom stereocenters. The van der Waals surface area contributed by atoms with E-state index in [2.05, 4.69) is 15.9 Å². The van der Waals surface area contributed by atoms with E-state index in [4.69, 9.17) is 10.2 Å². The van der Waals surface area contributed by atoms with E-state index < -0.39 is 0 Å². The minimum absolute atomic E-state index is 0.0185. The molecule has 94 valence electrons. The zero-order chi connectivity index (χ0) is 13.4. The molecule has 0 aliphatic rings. The largest absolute Gasteiger partial charge is 0.508 e. The Hall–Kier alpha value is -1.81. The zero-order valence-electron chi connectivity index (χ0n) is 9.58. The summed E-state index contributed by atoms with van der Waals surface area (Å²) in [4.78, 5) is 11.0. The van der Waals surface area contributed by atoms with E-state index in [-0.39, 0.29) is 11.5 Å². The molecule has 0 heterocycles. The molecule has 0 aliphatic carbocycles. The van der Waals surface area contributed by atoms with Gasteiger partial charge in [0.1, 0.15) is 11.5 Å². The number of alkyl halides is 1. The van der Waals surface area contributed by atoms with Crippen LogP contribution in [0.3, 0.4) is 0 Å². The van der Waals surface area contributed by atoms with Crippen molar-refractivity contribution in [3.05, 3.63) is 60.2 Å². The van der Waals surface area contributed by atoms with Crippen LogP contribution in [0, 0.1) is 0 Å². The minimum atomic E-state index is 0.0185. The molecule has 0 radical (unpaired) electrons. The first-order chi connectivity index (χ1) is 8.63. The molecule has 4 heteroatoms. The van der Waals surface area contributed by atoms with Crippen molar-refractivity contribution in [1.82, 2.24) is 0 Å². The second-order valence-corrected chi connectivity index (χ2v) is 4.00. The van der Waals surface area contributed by atoms with E-state index in [1.165, 1.54) is 12.1 Å². The second-order valence-electron chi connectivity index (χ2n) is 3.44. The van der Waals surface area contributed by atoms with Crippen LogP contribution in [-0.2, 0) is 0 Å². The number of phenolic OH excluding ortho intramolecular Hbond substituents is 2. The first-order valence-electron chi connectivity index (χ1n) is 5.25. The molecule has 0 saturated carbocycles. The summed E-state index contributed by atoms with van der Waals surface area (Å²) in [5, 5.41) is 17.8. The van der Waals surface area contributed by atoms with E-state index in [0.29, 0.717) is 16.6 Å². The summed E-state index contributed by atoms with van der Waals surface area (Å²) in [6.45, 7) is 0. The van der Waals surface area contributed by atoms with Gasteiger partial charge in [-0.25, -0.2) is 0 Å². The maximum Gasteiger partial charge on any atom is 0.173 e. The molecular weight excluding hydrogens is 296 g/mol. The number of phenols is 2. The van der Waals surface area contributed by atoms with Crippen molar-refractivity contribution in [2.24, 2.45) is 0 Å². The van der Waals surface area contributed by atoms with E-state index >= 15 is 0 Å². The number of rotatable bonds is 2. The SMILES string of the molecule is O=C(CBr)c1ccc(O)cc1.Oc1ccccc1. The predicted octanol–water partition coefficient (Wildman–Crippen LogP) is 3.36. The third kappa shape index (κ3) is 5.01. The lowest BCUT2D eigenvalue weighted by molar-refractivity contribution is 0.102. The highest BCUT2D eigenvalue weighted by molar-refractivity contribution is 9.09. The fraction of sp³-hybridized carbons (Fsp3) is 0.0714. The number of ketones is 1. The molecule has 0 bridgehead atoms. The lowest BCUT2D eigenvalue weighted by atomic mass is 10.1. The van der Waals surface area contributed by atoms with Crippen molar-refractivity contribution in [2.75, 3.05) is 5.33 Å². The van der Waals surface area contributed by atoms with Crippen LogP contribution in [0.25, 0.3) is 0 Å². The average Bonchev–Trinajstić information content (AvgIpc) is 2.40. The number of carbonyl (C=O) groups is 1. The second kappa shape index (κ2) is 7.50. The number of Topliss-reactive ketones (excluding diaryl/α,β-unsaturated/α-hetero) is 1. The van der Waals surface area contributed by atoms with Crippen LogP contribution in [0.15, 0.2) is 54.6 Å². The molecule has 2 N–H and O–H groups in total. The lowest BCUT2D eigenvalue weighted by Gasteiger charge is -1.95. The fourth-order valence-corrected chi connectivity index (χ4v) is 1.48. The molecule has 0 fully saturated rings. The number of aromatic hydroxyl groups is 2. The molecular formula is C14H13BrO3. The Balaban J connectivity index is 0.000000199. The van der Waals surface area contributed by atoms with Crippen LogP contribution < -0.4 is 0 Å². The molecule has 0 aromatic heterocycles. The van der Waals surface area contributed by atoms with E-state index in [1.54, 1.807) is 36.4 Å². The topological polar surface area (TPSA) is 57.5 Å². The summed E-state index contributed by atoms with van der Waals surface area (Å²) in [5.74, 6) is 0.517. The number of hydrogen-bond donors (Lipinski definition) is 2. The maximum absolute atomic E-state index is 11.0. The van der Waals surface area contributed by atoms with Gasteiger partial charge >= 0.3 is 0 Å². The molecule has 0 saturated heterocycles. The molecule has 0 amide bonds. The van der Waals surface area contributed by atoms with Crippen molar-refractivity contribution in [3.8, 4) is 11.5 Å². The smallest absolute Gasteiger partial charge is 0.173 e. The van der Waals surface area contributed by atoms with E-state index in [0.717, 1.165) is 0 Å². The number of hydrogen-bond acceptors (Lipinski definition) is 3. The van der Waals surface area contributed by atoms with Crippen LogP contribution >= 0.6 is 15.9 Å². The zero-order valence-corrected chi connectivity index (χ0v) is 11.2. The summed E-state index contributed by atoms with van der Waals surface area (Å²) in [6, 6.07) is 14.9. The number of para-hydroxylation sites is 1. The van der Waals surface area contributed by atoms with Gasteiger partial charge in [-0.2, -0.15) is 0 Å². The normalized spacial score (nSPS) is 9.17. The molecule has 2 aromatic carbocycles. The molecule has 0 atom stereocenters. The Bertz CT molecular complexity index is 480. The fourth-order valence-electron chi connectivity index (χ4n) is 1.15. The first kappa shape index (κ1) is 14.3. The van der Waals surface area contributed by atoms with Gasteiger partial charge in [-0.3, -0.25) is 4.79 Å². The Labute approximate surface area is 114 Å². The average molecular weight is 309 g/mol. The van der Waals surface area contributed by atoms with Crippen LogP contribution in [0.1, 0.15) is 10.4 Å². The van der Waals surface area contributed by atoms with Crippen LogP contribution in [0.2, 0.25) is 0 Å². The third-order valence-electron chi connectivity index (χ3n) is 2.07. The summed E-state index contributed by atoms with van der Waals surface area (Å²) >= 11 is 3.06. The van der Waals surface area contributed by atoms with Gasteiger partial charge < -0.3 is 10.2 Å². The van der Waals surface area contributed by atoms with Crippen molar-refractivity contribution < 1.29 is 15.0 Å². The highest BCUT2D eigenvalue weighted by Crippen LogP contribution is 2.10. The first-order valence-corrected chi connectivity index (χ1v) is 6.38. The lowest BCUT2D eigenvalue weighted by Crippen LogP contribution is -1.98. The van der Waals surface area contributed by atoms with Crippen molar-refractivity contribution in [3.63, 3.8) is 0 Å². The van der Waals surface area contributed by atoms with Gasteiger partial charge in [-0.05, 0) is 36.4 Å². The van der Waals surface area contributed by atoms with Gasteiger partial charge in [-0.1, -0.05) is 34.1 Å². The van der Waals surface area contributed by atoms with Gasteiger partial charge in [0, 0.05) is 5.56 Å². The van der Waals surface area contributed by atoms with Gasteiger partial charge in [-0.15, -0.1) is 0 Å². The monoisotopic (exact) mass is 308 g/mol. The molecule has 2 aromatic rings. The van der Waals surface area contributed by atoms with Gasteiger partial charge in [0.15, 0.2) is 5.78 Å². The number of halogens is 1. The summed E-state index contributed by atoms with van der Waals surface area (Å²) in [5.41, 5.74) is 0.611. The molecule has 2 rings (SSSR count). The predicted molar refractivity (Wildman–Crippen MR) is 74.3 cm³/mol. The maximum atomic E-state index is 11.0. The van der Waals surface area contributed by atoms with Gasteiger partial charge in [0.05, 0.1) is 5.33 Å². The van der Waals surface area contributed by atoms with E-state index in [9.17, 15) is 4.79 Å². The Morgan fingerprint density at radius 1 is 0.889 bits per heavy atom. The summed E-state index contributed by atoms with van der Waals surface area (Å²) in [6.07, 6.45) is 0. The van der Waals surface area contributed by atoms with Crippen molar-refractivity contribution in [2.45, 2.75) is 0 Å².